The first-order valence-corrected chi connectivity index (χ1v) is 4.87. The van der Waals surface area contributed by atoms with Gasteiger partial charge in [-0.2, -0.15) is 0 Å². The van der Waals surface area contributed by atoms with Crippen LogP contribution in [-0.2, 0) is 9.53 Å². The fraction of sp³-hybridized carbons (Fsp3) is 0.200. The lowest BCUT2D eigenvalue weighted by Crippen LogP contribution is -2.32. The van der Waals surface area contributed by atoms with Crippen molar-refractivity contribution in [3.05, 3.63) is 29.6 Å². The molecule has 1 amide bonds. The van der Waals surface area contributed by atoms with Gasteiger partial charge in [-0.1, -0.05) is 5.16 Å². The molecule has 96 valence electrons. The number of hydrogen-bond acceptors (Lipinski definition) is 6. The summed E-state index contributed by atoms with van der Waals surface area (Å²) < 4.78 is 4.38. The van der Waals surface area contributed by atoms with Crippen LogP contribution in [0.4, 0.5) is 0 Å². The summed E-state index contributed by atoms with van der Waals surface area (Å²) in [6.45, 7) is -0.278. The maximum Gasteiger partial charge on any atom is 0.325 e. The molecule has 0 saturated carbocycles. The zero-order valence-corrected chi connectivity index (χ0v) is 9.58. The van der Waals surface area contributed by atoms with Crippen molar-refractivity contribution in [3.63, 3.8) is 0 Å². The van der Waals surface area contributed by atoms with E-state index in [2.05, 4.69) is 20.2 Å². The van der Waals surface area contributed by atoms with Gasteiger partial charge < -0.3 is 21.0 Å². The Bertz CT molecular complexity index is 487. The smallest absolute Gasteiger partial charge is 0.325 e. The first kappa shape index (κ1) is 13.4. The van der Waals surface area contributed by atoms with Crippen LogP contribution in [0.15, 0.2) is 23.6 Å². The van der Waals surface area contributed by atoms with Crippen LogP contribution >= 0.6 is 0 Å². The van der Waals surface area contributed by atoms with Crippen LogP contribution in [0.3, 0.4) is 0 Å². The summed E-state index contributed by atoms with van der Waals surface area (Å²) in [5, 5.41) is 13.7. The number of ether oxygens (including phenoxy) is 1. The Balaban J connectivity index is 2.89. The second-order valence-corrected chi connectivity index (χ2v) is 3.17. The average molecular weight is 252 g/mol. The molecule has 0 unspecified atom stereocenters. The molecular weight excluding hydrogens is 240 g/mol. The lowest BCUT2D eigenvalue weighted by atomic mass is 10.1. The first-order chi connectivity index (χ1) is 8.60. The van der Waals surface area contributed by atoms with E-state index in [1.807, 2.05) is 0 Å². The monoisotopic (exact) mass is 252 g/mol. The van der Waals surface area contributed by atoms with Crippen LogP contribution in [0.1, 0.15) is 15.9 Å². The minimum Gasteiger partial charge on any atom is -0.468 e. The van der Waals surface area contributed by atoms with Crippen molar-refractivity contribution in [2.45, 2.75) is 0 Å². The Morgan fingerprint density at radius 1 is 1.56 bits per heavy atom. The van der Waals surface area contributed by atoms with Crippen molar-refractivity contribution in [2.75, 3.05) is 13.7 Å². The number of methoxy groups -OCH3 is 1. The van der Waals surface area contributed by atoms with Crippen molar-refractivity contribution >= 4 is 17.7 Å². The summed E-state index contributed by atoms with van der Waals surface area (Å²) in [5.41, 5.74) is 5.73. The Hall–Kier alpha value is -2.64. The van der Waals surface area contributed by atoms with Crippen molar-refractivity contribution in [1.82, 2.24) is 10.3 Å². The topological polar surface area (TPSA) is 127 Å². The molecule has 0 aliphatic rings. The molecule has 8 nitrogen and oxygen atoms in total. The maximum absolute atomic E-state index is 11.8. The van der Waals surface area contributed by atoms with E-state index in [0.29, 0.717) is 0 Å². The van der Waals surface area contributed by atoms with Crippen molar-refractivity contribution in [3.8, 4) is 0 Å². The zero-order chi connectivity index (χ0) is 13.5. The predicted octanol–water partition coefficient (Wildman–Crippen LogP) is -0.921. The highest BCUT2D eigenvalue weighted by Crippen LogP contribution is 2.06. The molecule has 0 spiro atoms. The first-order valence-electron chi connectivity index (χ1n) is 4.87. The van der Waals surface area contributed by atoms with Gasteiger partial charge >= 0.3 is 5.97 Å². The summed E-state index contributed by atoms with van der Waals surface area (Å²) >= 11 is 0. The van der Waals surface area contributed by atoms with Gasteiger partial charge in [0.2, 0.25) is 0 Å². The summed E-state index contributed by atoms with van der Waals surface area (Å²) in [7, 11) is 1.21. The van der Waals surface area contributed by atoms with Crippen LogP contribution in [0.2, 0.25) is 0 Å². The number of nitrogens with two attached hydrogens (primary N) is 1. The normalized spacial score (nSPS) is 10.8. The number of carbonyl (C=O) groups is 2. The van der Waals surface area contributed by atoms with Gasteiger partial charge in [-0.15, -0.1) is 0 Å². The van der Waals surface area contributed by atoms with Crippen LogP contribution in [0.5, 0.6) is 0 Å². The van der Waals surface area contributed by atoms with Crippen LogP contribution in [-0.4, -0.2) is 41.6 Å². The Morgan fingerprint density at radius 2 is 2.28 bits per heavy atom. The van der Waals surface area contributed by atoms with Crippen LogP contribution in [0.25, 0.3) is 0 Å². The molecule has 1 aromatic rings. The number of rotatable bonds is 4. The molecule has 0 aliphatic carbocycles. The van der Waals surface area contributed by atoms with E-state index in [1.54, 1.807) is 0 Å². The predicted molar refractivity (Wildman–Crippen MR) is 61.1 cm³/mol. The minimum atomic E-state index is -0.586. The molecule has 1 rings (SSSR count). The molecule has 8 heteroatoms. The lowest BCUT2D eigenvalue weighted by molar-refractivity contribution is -0.139. The van der Waals surface area contributed by atoms with Gasteiger partial charge in [-0.3, -0.25) is 14.6 Å². The van der Waals surface area contributed by atoms with E-state index >= 15 is 0 Å². The molecule has 0 radical (unpaired) electrons. The highest BCUT2D eigenvalue weighted by atomic mass is 16.5. The number of hydrogen-bond donors (Lipinski definition) is 3. The number of nitrogens with one attached hydrogen (secondary N) is 1. The summed E-state index contributed by atoms with van der Waals surface area (Å²) in [5.74, 6) is -1.38. The van der Waals surface area contributed by atoms with Crippen molar-refractivity contribution < 1.29 is 19.5 Å². The molecule has 1 aromatic heterocycles. The van der Waals surface area contributed by atoms with E-state index in [-0.39, 0.29) is 23.5 Å². The number of aromatic nitrogens is 1. The van der Waals surface area contributed by atoms with Crippen molar-refractivity contribution in [1.29, 1.82) is 0 Å². The SMILES string of the molecule is COC(=O)CNC(=O)c1cnccc1C(N)=NO. The highest BCUT2D eigenvalue weighted by Gasteiger charge is 2.15. The van der Waals surface area contributed by atoms with Gasteiger partial charge in [0.15, 0.2) is 5.84 Å². The number of pyridine rings is 1. The number of oxime groups is 1. The molecular formula is C10H12N4O4. The Morgan fingerprint density at radius 3 is 2.89 bits per heavy atom. The van der Waals surface area contributed by atoms with Gasteiger partial charge in [0.25, 0.3) is 5.91 Å². The molecule has 1 heterocycles. The fourth-order valence-corrected chi connectivity index (χ4v) is 1.17. The number of carbonyl (C=O) groups excluding carboxylic acids is 2. The van der Waals surface area contributed by atoms with Gasteiger partial charge in [0, 0.05) is 18.0 Å². The number of amides is 1. The third-order valence-electron chi connectivity index (χ3n) is 2.07. The number of amidine groups is 1. The molecule has 0 fully saturated rings. The van der Waals surface area contributed by atoms with Gasteiger partial charge in [0.05, 0.1) is 12.7 Å². The van der Waals surface area contributed by atoms with Gasteiger partial charge in [-0.05, 0) is 6.07 Å². The largest absolute Gasteiger partial charge is 0.468 e. The summed E-state index contributed by atoms with van der Waals surface area (Å²) in [6, 6.07) is 1.42. The number of esters is 1. The lowest BCUT2D eigenvalue weighted by Gasteiger charge is -2.07. The molecule has 18 heavy (non-hydrogen) atoms. The van der Waals surface area contributed by atoms with E-state index in [1.165, 1.54) is 25.6 Å². The third-order valence-corrected chi connectivity index (χ3v) is 2.07. The minimum absolute atomic E-state index is 0.0942. The fourth-order valence-electron chi connectivity index (χ4n) is 1.17. The van der Waals surface area contributed by atoms with E-state index in [4.69, 9.17) is 10.9 Å². The van der Waals surface area contributed by atoms with E-state index < -0.39 is 11.9 Å². The average Bonchev–Trinajstić information content (AvgIpc) is 2.43. The van der Waals surface area contributed by atoms with E-state index in [0.717, 1.165) is 0 Å². The van der Waals surface area contributed by atoms with Gasteiger partial charge in [0.1, 0.15) is 6.54 Å². The molecule has 4 N–H and O–H groups in total. The Labute approximate surface area is 102 Å². The van der Waals surface area contributed by atoms with Crippen LogP contribution < -0.4 is 11.1 Å². The molecule has 0 aliphatic heterocycles. The van der Waals surface area contributed by atoms with Crippen LogP contribution in [0, 0.1) is 0 Å². The Kier molecular flexibility index (Phi) is 4.61. The molecule has 0 saturated heterocycles. The van der Waals surface area contributed by atoms with Gasteiger partial charge in [-0.25, -0.2) is 0 Å². The second kappa shape index (κ2) is 6.18. The summed E-state index contributed by atoms with van der Waals surface area (Å²) in [6.07, 6.45) is 2.64. The molecule has 0 bridgehead atoms. The van der Waals surface area contributed by atoms with E-state index in [9.17, 15) is 9.59 Å². The second-order valence-electron chi connectivity index (χ2n) is 3.17. The summed E-state index contributed by atoms with van der Waals surface area (Å²) in [4.78, 5) is 26.4. The highest BCUT2D eigenvalue weighted by molar-refractivity contribution is 6.08. The van der Waals surface area contributed by atoms with Crippen molar-refractivity contribution in [2.24, 2.45) is 10.9 Å². The zero-order valence-electron chi connectivity index (χ0n) is 9.58. The third kappa shape index (κ3) is 3.17. The standard InChI is InChI=1S/C10H12N4O4/c1-18-8(15)5-13-10(16)7-4-12-3-2-6(7)9(11)14-17/h2-4,17H,5H2,1H3,(H2,11,14)(H,13,16). The maximum atomic E-state index is 11.8. The number of nitrogens with zero attached hydrogens (tertiary/aromatic N) is 2. The molecule has 0 aromatic carbocycles. The quantitative estimate of drug-likeness (QED) is 0.209. The molecule has 0 atom stereocenters.